The smallest absolute Gasteiger partial charge is 0.308 e. The fraction of sp³-hybridized carbons (Fsp3) is 0.333. The Labute approximate surface area is 190 Å². The molecule has 3 rings (SSSR count). The van der Waals surface area contributed by atoms with E-state index in [0.717, 1.165) is 33.4 Å². The first-order chi connectivity index (χ1) is 14.6. The fourth-order valence-electron chi connectivity index (χ4n) is 3.37. The first-order valence-corrected chi connectivity index (χ1v) is 12.8. The Kier molecular flexibility index (Phi) is 7.08. The molecule has 1 N–H and O–H groups in total. The van der Waals surface area contributed by atoms with Gasteiger partial charge in [-0.25, -0.2) is 8.42 Å². The molecule has 0 saturated heterocycles. The van der Waals surface area contributed by atoms with E-state index in [-0.39, 0.29) is 23.7 Å². The van der Waals surface area contributed by atoms with Gasteiger partial charge in [0.1, 0.15) is 0 Å². The van der Waals surface area contributed by atoms with Crippen LogP contribution in [-0.2, 0) is 21.4 Å². The topological polar surface area (TPSA) is 88.5 Å². The maximum absolute atomic E-state index is 12.4. The average Bonchev–Trinajstić information content (AvgIpc) is 3.00. The van der Waals surface area contributed by atoms with Crippen LogP contribution in [0.1, 0.15) is 25.3 Å². The molecule has 0 spiro atoms. The lowest BCUT2D eigenvalue weighted by Gasteiger charge is -2.24. The van der Waals surface area contributed by atoms with E-state index in [1.165, 1.54) is 4.31 Å². The lowest BCUT2D eigenvalue weighted by molar-refractivity contribution is -0.116. The second-order valence-corrected chi connectivity index (χ2v) is 10.5. The molecule has 166 valence electrons. The lowest BCUT2D eigenvalue weighted by atomic mass is 10.2. The number of hydrogen-bond donors (Lipinski definition) is 1. The molecule has 31 heavy (non-hydrogen) atoms. The zero-order valence-corrected chi connectivity index (χ0v) is 19.9. The number of carbonyl (C=O) groups excluding carboxylic acids is 1. The van der Waals surface area contributed by atoms with Gasteiger partial charge in [-0.2, -0.15) is 0 Å². The molecular formula is C21H24ClN3O4S2. The van der Waals surface area contributed by atoms with Gasteiger partial charge < -0.3 is 5.32 Å². The molecule has 0 saturated carbocycles. The van der Waals surface area contributed by atoms with E-state index >= 15 is 0 Å². The van der Waals surface area contributed by atoms with Crippen molar-refractivity contribution >= 4 is 60.5 Å². The van der Waals surface area contributed by atoms with Crippen LogP contribution in [0.3, 0.4) is 0 Å². The van der Waals surface area contributed by atoms with Gasteiger partial charge in [-0.15, -0.1) is 0 Å². The molecule has 0 fully saturated rings. The number of nitrogens with zero attached hydrogens (tertiary/aromatic N) is 2. The molecule has 10 heteroatoms. The number of anilines is 2. The van der Waals surface area contributed by atoms with Crippen molar-refractivity contribution in [1.29, 1.82) is 0 Å². The highest BCUT2D eigenvalue weighted by Gasteiger charge is 2.20. The predicted molar refractivity (Wildman–Crippen MR) is 128 cm³/mol. The number of thiazole rings is 1. The summed E-state index contributed by atoms with van der Waals surface area (Å²) in [6.07, 6.45) is 1.62. The van der Waals surface area contributed by atoms with E-state index in [9.17, 15) is 18.0 Å². The van der Waals surface area contributed by atoms with Crippen LogP contribution in [0.25, 0.3) is 10.2 Å². The van der Waals surface area contributed by atoms with Crippen molar-refractivity contribution in [2.24, 2.45) is 0 Å². The molecule has 1 aromatic heterocycles. The van der Waals surface area contributed by atoms with Crippen LogP contribution >= 0.6 is 22.9 Å². The van der Waals surface area contributed by atoms with Crippen LogP contribution in [0.4, 0.5) is 11.4 Å². The first kappa shape index (κ1) is 23.3. The van der Waals surface area contributed by atoms with E-state index in [1.54, 1.807) is 34.9 Å². The zero-order chi connectivity index (χ0) is 22.8. The largest absolute Gasteiger partial charge is 0.326 e. The van der Waals surface area contributed by atoms with E-state index in [4.69, 9.17) is 11.6 Å². The molecule has 2 aromatic carbocycles. The van der Waals surface area contributed by atoms with Crippen LogP contribution in [0.2, 0.25) is 5.02 Å². The van der Waals surface area contributed by atoms with E-state index < -0.39 is 10.0 Å². The monoisotopic (exact) mass is 481 g/mol. The average molecular weight is 482 g/mol. The number of hydrogen-bond acceptors (Lipinski definition) is 5. The standard InChI is InChI=1S/C21H24ClN3O4S2/c1-4-24-17-10-9-16(13-19(17)30-21(24)27)23-20(26)6-5-11-25(31(3,28)29)18-12-15(22)8-7-14(18)2/h7-10,12-13H,4-6,11H2,1-3H3,(H,23,26). The number of benzene rings is 2. The van der Waals surface area contributed by atoms with Gasteiger partial charge in [-0.05, 0) is 56.2 Å². The van der Waals surface area contributed by atoms with Gasteiger partial charge in [0, 0.05) is 30.2 Å². The van der Waals surface area contributed by atoms with Gasteiger partial charge >= 0.3 is 4.87 Å². The molecule has 3 aromatic rings. The summed E-state index contributed by atoms with van der Waals surface area (Å²) >= 11 is 7.18. The summed E-state index contributed by atoms with van der Waals surface area (Å²) in [7, 11) is -3.53. The highest BCUT2D eigenvalue weighted by atomic mass is 35.5. The molecule has 7 nitrogen and oxygen atoms in total. The quantitative estimate of drug-likeness (QED) is 0.521. The molecular weight excluding hydrogens is 458 g/mol. The summed E-state index contributed by atoms with van der Waals surface area (Å²) in [5.74, 6) is -0.224. The van der Waals surface area contributed by atoms with Crippen LogP contribution < -0.4 is 14.5 Å². The van der Waals surface area contributed by atoms with E-state index in [1.807, 2.05) is 19.9 Å². The van der Waals surface area contributed by atoms with E-state index in [0.29, 0.717) is 29.4 Å². The molecule has 0 aliphatic heterocycles. The van der Waals surface area contributed by atoms with Gasteiger partial charge in [-0.1, -0.05) is 29.0 Å². The molecule has 0 aliphatic rings. The van der Waals surface area contributed by atoms with Gasteiger partial charge in [0.2, 0.25) is 15.9 Å². The van der Waals surface area contributed by atoms with Crippen LogP contribution in [-0.4, -0.2) is 31.7 Å². The SMILES string of the molecule is CCn1c(=O)sc2cc(NC(=O)CCCN(c3cc(Cl)ccc3C)S(C)(=O)=O)ccc21. The zero-order valence-electron chi connectivity index (χ0n) is 17.5. The number of carbonyl (C=O) groups is 1. The maximum atomic E-state index is 12.4. The third kappa shape index (κ3) is 5.47. The summed E-state index contributed by atoms with van der Waals surface area (Å²) < 4.78 is 28.4. The Morgan fingerprint density at radius 3 is 2.65 bits per heavy atom. The van der Waals surface area contributed by atoms with Gasteiger partial charge in [-0.3, -0.25) is 18.5 Å². The van der Waals surface area contributed by atoms with Crippen molar-refractivity contribution in [3.63, 3.8) is 0 Å². The molecule has 0 aliphatic carbocycles. The Hall–Kier alpha value is -2.36. The van der Waals surface area contributed by atoms with Gasteiger partial charge in [0.25, 0.3) is 0 Å². The summed E-state index contributed by atoms with van der Waals surface area (Å²) in [4.78, 5) is 24.4. The molecule has 0 unspecified atom stereocenters. The number of rotatable bonds is 8. The number of sulfonamides is 1. The fourth-order valence-corrected chi connectivity index (χ4v) is 5.54. The molecule has 1 amide bonds. The van der Waals surface area contributed by atoms with Crippen molar-refractivity contribution in [3.05, 3.63) is 56.7 Å². The minimum absolute atomic E-state index is 0.0295. The number of fused-ring (bicyclic) bond motifs is 1. The van der Waals surface area contributed by atoms with Crippen molar-refractivity contribution in [2.75, 3.05) is 22.4 Å². The van der Waals surface area contributed by atoms with Crippen molar-refractivity contribution in [3.8, 4) is 0 Å². The van der Waals surface area contributed by atoms with Crippen molar-refractivity contribution in [2.45, 2.75) is 33.2 Å². The number of aryl methyl sites for hydroxylation is 2. The van der Waals surface area contributed by atoms with Crippen molar-refractivity contribution in [1.82, 2.24) is 4.57 Å². The van der Waals surface area contributed by atoms with Crippen molar-refractivity contribution < 1.29 is 13.2 Å². The summed E-state index contributed by atoms with van der Waals surface area (Å²) in [5, 5.41) is 3.27. The lowest BCUT2D eigenvalue weighted by Crippen LogP contribution is -2.32. The summed E-state index contributed by atoms with van der Waals surface area (Å²) in [5.41, 5.74) is 2.74. The first-order valence-electron chi connectivity index (χ1n) is 9.77. The predicted octanol–water partition coefficient (Wildman–Crippen LogP) is 4.23. The Balaban J connectivity index is 1.66. The summed E-state index contributed by atoms with van der Waals surface area (Å²) in [6, 6.07) is 10.4. The summed E-state index contributed by atoms with van der Waals surface area (Å²) in [6.45, 7) is 4.47. The highest BCUT2D eigenvalue weighted by molar-refractivity contribution is 7.92. The Morgan fingerprint density at radius 2 is 1.97 bits per heavy atom. The van der Waals surface area contributed by atoms with Gasteiger partial charge in [0.05, 0.1) is 22.2 Å². The number of aromatic nitrogens is 1. The third-order valence-electron chi connectivity index (χ3n) is 4.87. The number of amides is 1. The second kappa shape index (κ2) is 9.42. The molecule has 0 atom stereocenters. The minimum atomic E-state index is -3.53. The highest BCUT2D eigenvalue weighted by Crippen LogP contribution is 2.27. The Bertz CT molecular complexity index is 1280. The minimum Gasteiger partial charge on any atom is -0.326 e. The third-order valence-corrected chi connectivity index (χ3v) is 7.23. The normalized spacial score (nSPS) is 11.6. The second-order valence-electron chi connectivity index (χ2n) is 7.21. The maximum Gasteiger partial charge on any atom is 0.308 e. The molecule has 0 bridgehead atoms. The number of nitrogens with one attached hydrogen (secondary N) is 1. The van der Waals surface area contributed by atoms with E-state index in [2.05, 4.69) is 5.32 Å². The van der Waals surface area contributed by atoms with Crippen LogP contribution in [0.15, 0.2) is 41.2 Å². The molecule has 1 heterocycles. The molecule has 0 radical (unpaired) electrons. The van der Waals surface area contributed by atoms with Gasteiger partial charge in [0.15, 0.2) is 0 Å². The van der Waals surface area contributed by atoms with Crippen LogP contribution in [0.5, 0.6) is 0 Å². The van der Waals surface area contributed by atoms with Crippen LogP contribution in [0, 0.1) is 6.92 Å². The number of halogens is 1. The Morgan fingerprint density at radius 1 is 1.23 bits per heavy atom.